The Morgan fingerprint density at radius 1 is 0.756 bits per heavy atom. The normalized spacial score (nSPS) is 11.1. The van der Waals surface area contributed by atoms with Gasteiger partial charge in [-0.15, -0.1) is 4.52 Å². The van der Waals surface area contributed by atoms with Crippen LogP contribution in [0, 0.1) is 5.92 Å². The molecule has 7 nitrogen and oxygen atoms in total. The van der Waals surface area contributed by atoms with Gasteiger partial charge in [0.2, 0.25) is 0 Å². The molecule has 1 unspecified atom stereocenters. The summed E-state index contributed by atoms with van der Waals surface area (Å²) in [5, 5.41) is 0. The average molecular weight is 574 g/mol. The van der Waals surface area contributed by atoms with Crippen molar-refractivity contribution in [3.05, 3.63) is 120 Å². The minimum atomic E-state index is -2.23. The van der Waals surface area contributed by atoms with Gasteiger partial charge in [-0.3, -0.25) is 4.79 Å². The third-order valence-corrected chi connectivity index (χ3v) is 6.58. The van der Waals surface area contributed by atoms with Crippen LogP contribution in [0.4, 0.5) is 0 Å². The van der Waals surface area contributed by atoms with E-state index in [2.05, 4.69) is 0 Å². The summed E-state index contributed by atoms with van der Waals surface area (Å²) in [6.45, 7) is 4.80. The Kier molecular flexibility index (Phi) is 11.3. The van der Waals surface area contributed by atoms with Gasteiger partial charge in [0.15, 0.2) is 5.75 Å². The highest BCUT2D eigenvalue weighted by molar-refractivity contribution is 7.33. The Bertz CT molecular complexity index is 1400. The number of hydrogen-bond acceptors (Lipinski definition) is 7. The van der Waals surface area contributed by atoms with Crippen molar-refractivity contribution in [2.45, 2.75) is 39.9 Å². The van der Waals surface area contributed by atoms with Crippen LogP contribution in [0.3, 0.4) is 0 Å². The first kappa shape index (κ1) is 29.8. The maximum Gasteiger partial charge on any atom is 0.750 e. The van der Waals surface area contributed by atoms with Gasteiger partial charge in [0.25, 0.3) is 0 Å². The summed E-state index contributed by atoms with van der Waals surface area (Å²) in [6, 6.07) is 31.9. The van der Waals surface area contributed by atoms with Gasteiger partial charge in [0.05, 0.1) is 0 Å². The molecular formula is C33H34O7P+. The molecular weight excluding hydrogens is 539 g/mol. The van der Waals surface area contributed by atoms with Crippen LogP contribution in [0.15, 0.2) is 103 Å². The van der Waals surface area contributed by atoms with Crippen molar-refractivity contribution in [2.24, 2.45) is 5.92 Å². The van der Waals surface area contributed by atoms with E-state index in [4.69, 9.17) is 23.3 Å². The lowest BCUT2D eigenvalue weighted by Crippen LogP contribution is -2.07. The Labute approximate surface area is 241 Å². The summed E-state index contributed by atoms with van der Waals surface area (Å²) in [7, 11) is -2.23. The SMILES string of the molecule is CC(C)CO[P+](=O)Oc1ccc(COC(=O)CCc2ccccc2OCc2cccc(Oc3ccccc3)c2)cc1. The lowest BCUT2D eigenvalue weighted by Gasteiger charge is -2.12. The highest BCUT2D eigenvalue weighted by Gasteiger charge is 2.22. The van der Waals surface area contributed by atoms with Crippen molar-refractivity contribution in [2.75, 3.05) is 6.61 Å². The van der Waals surface area contributed by atoms with E-state index < -0.39 is 8.25 Å². The van der Waals surface area contributed by atoms with Crippen molar-refractivity contribution in [1.29, 1.82) is 0 Å². The summed E-state index contributed by atoms with van der Waals surface area (Å²) >= 11 is 0. The molecule has 4 aromatic carbocycles. The Morgan fingerprint density at radius 3 is 2.27 bits per heavy atom. The van der Waals surface area contributed by atoms with E-state index in [9.17, 15) is 9.36 Å². The van der Waals surface area contributed by atoms with Gasteiger partial charge in [-0.1, -0.05) is 74.5 Å². The molecule has 8 heteroatoms. The number of aryl methyl sites for hydroxylation is 1. The molecule has 0 radical (unpaired) electrons. The molecule has 4 rings (SSSR count). The number of esters is 1. The van der Waals surface area contributed by atoms with Gasteiger partial charge in [0.1, 0.15) is 37.1 Å². The smallest absolute Gasteiger partial charge is 0.489 e. The molecule has 0 aliphatic rings. The molecule has 0 spiro atoms. The zero-order valence-electron chi connectivity index (χ0n) is 23.2. The lowest BCUT2D eigenvalue weighted by molar-refractivity contribution is -0.144. The number of hydrogen-bond donors (Lipinski definition) is 0. The quantitative estimate of drug-likeness (QED) is 0.104. The fraction of sp³-hybridized carbons (Fsp3) is 0.242. The number of carbonyl (C=O) groups is 1. The molecule has 0 fully saturated rings. The fourth-order valence-corrected chi connectivity index (χ4v) is 4.54. The van der Waals surface area contributed by atoms with E-state index >= 15 is 0 Å². The Hall–Kier alpha value is -4.19. The number of carbonyl (C=O) groups excluding carboxylic acids is 1. The van der Waals surface area contributed by atoms with E-state index in [0.717, 1.165) is 33.9 Å². The van der Waals surface area contributed by atoms with Gasteiger partial charge in [0, 0.05) is 11.0 Å². The van der Waals surface area contributed by atoms with Crippen molar-refractivity contribution >= 4 is 14.2 Å². The number of benzene rings is 4. The molecule has 0 heterocycles. The Morgan fingerprint density at radius 2 is 1.49 bits per heavy atom. The zero-order chi connectivity index (χ0) is 28.9. The average Bonchev–Trinajstić information content (AvgIpc) is 2.99. The van der Waals surface area contributed by atoms with E-state index in [-0.39, 0.29) is 24.9 Å². The predicted octanol–water partition coefficient (Wildman–Crippen LogP) is 8.44. The third kappa shape index (κ3) is 10.4. The minimum absolute atomic E-state index is 0.134. The fourth-order valence-electron chi connectivity index (χ4n) is 3.78. The highest BCUT2D eigenvalue weighted by atomic mass is 31.1. The first-order valence-corrected chi connectivity index (χ1v) is 14.6. The summed E-state index contributed by atoms with van der Waals surface area (Å²) in [6.07, 6.45) is 0.706. The highest BCUT2D eigenvalue weighted by Crippen LogP contribution is 2.29. The monoisotopic (exact) mass is 573 g/mol. The van der Waals surface area contributed by atoms with Crippen LogP contribution in [0.2, 0.25) is 0 Å². The summed E-state index contributed by atoms with van der Waals surface area (Å²) in [5.74, 6) is 2.62. The maximum atomic E-state index is 12.5. The van der Waals surface area contributed by atoms with Crippen LogP contribution in [0.5, 0.6) is 23.0 Å². The molecule has 0 aliphatic heterocycles. The van der Waals surface area contributed by atoms with Crippen molar-refractivity contribution < 1.29 is 32.6 Å². The van der Waals surface area contributed by atoms with Crippen LogP contribution in [-0.4, -0.2) is 12.6 Å². The van der Waals surface area contributed by atoms with Crippen LogP contribution < -0.4 is 14.0 Å². The number of para-hydroxylation sites is 2. The molecule has 0 N–H and O–H groups in total. The molecule has 0 saturated heterocycles. The molecule has 0 aliphatic carbocycles. The Balaban J connectivity index is 1.22. The van der Waals surface area contributed by atoms with E-state index in [1.807, 2.05) is 92.7 Å². The first-order chi connectivity index (χ1) is 19.9. The maximum absolute atomic E-state index is 12.5. The molecule has 4 aromatic rings. The van der Waals surface area contributed by atoms with Gasteiger partial charge < -0.3 is 14.2 Å². The first-order valence-electron chi connectivity index (χ1n) is 13.5. The second-order valence-electron chi connectivity index (χ2n) is 9.77. The largest absolute Gasteiger partial charge is 0.750 e. The van der Waals surface area contributed by atoms with E-state index in [1.54, 1.807) is 24.3 Å². The second kappa shape index (κ2) is 15.6. The number of ether oxygens (including phenoxy) is 3. The summed E-state index contributed by atoms with van der Waals surface area (Å²) < 4.78 is 39.8. The number of rotatable bonds is 15. The van der Waals surface area contributed by atoms with Crippen LogP contribution >= 0.6 is 8.25 Å². The van der Waals surface area contributed by atoms with Gasteiger partial charge >= 0.3 is 14.2 Å². The molecule has 0 aromatic heterocycles. The summed E-state index contributed by atoms with van der Waals surface area (Å²) in [5.41, 5.74) is 2.70. The molecule has 1 atom stereocenters. The third-order valence-electron chi connectivity index (χ3n) is 5.86. The van der Waals surface area contributed by atoms with Gasteiger partial charge in [-0.25, -0.2) is 4.52 Å². The van der Waals surface area contributed by atoms with Gasteiger partial charge in [-0.2, -0.15) is 0 Å². The molecule has 41 heavy (non-hydrogen) atoms. The lowest BCUT2D eigenvalue weighted by atomic mass is 10.1. The van der Waals surface area contributed by atoms with Crippen LogP contribution in [0.1, 0.15) is 37.0 Å². The summed E-state index contributed by atoms with van der Waals surface area (Å²) in [4.78, 5) is 12.5. The van der Waals surface area contributed by atoms with E-state index in [0.29, 0.717) is 25.4 Å². The molecule has 0 bridgehead atoms. The minimum Gasteiger partial charge on any atom is -0.489 e. The van der Waals surface area contributed by atoms with E-state index in [1.165, 1.54) is 0 Å². The molecule has 0 saturated carbocycles. The zero-order valence-corrected chi connectivity index (χ0v) is 24.1. The van der Waals surface area contributed by atoms with Gasteiger partial charge in [-0.05, 0) is 71.5 Å². The second-order valence-corrected chi connectivity index (χ2v) is 10.7. The van der Waals surface area contributed by atoms with Crippen LogP contribution in [-0.2, 0) is 38.3 Å². The van der Waals surface area contributed by atoms with Crippen LogP contribution in [0.25, 0.3) is 0 Å². The van der Waals surface area contributed by atoms with Crippen molar-refractivity contribution in [1.82, 2.24) is 0 Å². The van der Waals surface area contributed by atoms with Crippen molar-refractivity contribution in [3.63, 3.8) is 0 Å². The molecule has 212 valence electrons. The standard InChI is InChI=1S/C33H34O7P/c1-25(2)22-38-41(35)40-30-18-15-26(16-19-30)23-37-33(34)20-17-28-10-6-7-14-32(28)36-24-27-9-8-13-31(21-27)39-29-11-4-3-5-12-29/h3-16,18-19,21,25H,17,20,22-24H2,1-2H3/q+1. The topological polar surface area (TPSA) is 80.3 Å². The predicted molar refractivity (Wildman–Crippen MR) is 157 cm³/mol. The molecule has 0 amide bonds. The van der Waals surface area contributed by atoms with Crippen molar-refractivity contribution in [3.8, 4) is 23.0 Å².